The van der Waals surface area contributed by atoms with Gasteiger partial charge in [-0.1, -0.05) is 12.1 Å². The van der Waals surface area contributed by atoms with Crippen molar-refractivity contribution in [2.45, 2.75) is 36.6 Å². The highest BCUT2D eigenvalue weighted by Crippen LogP contribution is 2.68. The van der Waals surface area contributed by atoms with Crippen molar-refractivity contribution < 1.29 is 76.5 Å². The van der Waals surface area contributed by atoms with Crippen LogP contribution >= 0.6 is 15.2 Å². The van der Waals surface area contributed by atoms with Crippen LogP contribution in [0.1, 0.15) is 28.3 Å². The number of imidazole rings is 1. The third kappa shape index (κ3) is 10.7. The molecule has 18 nitrogen and oxygen atoms in total. The second-order valence-electron chi connectivity index (χ2n) is 11.5. The maximum atomic E-state index is 13.3. The zero-order chi connectivity index (χ0) is 37.4. The lowest BCUT2D eigenvalue weighted by Crippen LogP contribution is -2.44. The van der Waals surface area contributed by atoms with E-state index in [0.29, 0.717) is 22.6 Å². The first-order valence-electron chi connectivity index (χ1n) is 15.3. The van der Waals surface area contributed by atoms with E-state index in [1.165, 1.54) is 35.2 Å². The number of rotatable bonds is 18. The van der Waals surface area contributed by atoms with Crippen molar-refractivity contribution in [3.05, 3.63) is 78.1 Å². The highest BCUT2D eigenvalue weighted by molar-refractivity contribution is 7.72. The summed E-state index contributed by atoms with van der Waals surface area (Å²) in [4.78, 5) is 74.3. The number of hydrogen-bond donors (Lipinski definition) is 8. The Morgan fingerprint density at radius 3 is 2.45 bits per heavy atom. The molecule has 0 saturated heterocycles. The number of ether oxygens (including phenoxy) is 3. The van der Waals surface area contributed by atoms with Crippen LogP contribution in [0.2, 0.25) is 0 Å². The molecule has 2 atom stereocenters. The largest absolute Gasteiger partial charge is 0.492 e. The normalized spacial score (nSPS) is 15.4. The molecule has 1 aliphatic rings. The summed E-state index contributed by atoms with van der Waals surface area (Å²) in [7, 11) is -11.3. The fourth-order valence-electron chi connectivity index (χ4n) is 4.89. The Balaban J connectivity index is 1.07. The first-order valence-corrected chi connectivity index (χ1v) is 18.6. The summed E-state index contributed by atoms with van der Waals surface area (Å²) in [5.74, 6) is -1.39. The van der Waals surface area contributed by atoms with Crippen LogP contribution in [-0.4, -0.2) is 103 Å². The third-order valence-corrected chi connectivity index (χ3v) is 11.4. The zero-order valence-corrected chi connectivity index (χ0v) is 28.7. The predicted octanol–water partition coefficient (Wildman–Crippen LogP) is -0.646. The number of amides is 2. The highest BCUT2D eigenvalue weighted by Gasteiger charge is 2.61. The van der Waals surface area contributed by atoms with Crippen molar-refractivity contribution in [1.82, 2.24) is 15.2 Å². The molecule has 2 heterocycles. The predicted molar refractivity (Wildman–Crippen MR) is 172 cm³/mol. The Morgan fingerprint density at radius 2 is 1.76 bits per heavy atom. The quantitative estimate of drug-likeness (QED) is 0.0456. The standard InChI is InChI=1S/C30H37FN4O14P2/c31-21-3-1-20(2-4-21)25-16-49-26-13-23(5-6-24(26)29(25)39)48-17-28(38)32-8-12-47-11-7-27(37)33-14-22(36)15-34-9-10-35(19-34)18-30(40,50(41,42)43)51(44,45)46/h1-6,9-10,13,19,22,25,36,40H,7-8,11-12,14-18H2,(H5-,32,33,37,38,41,42,43,44,45,46)/p+1. The minimum Gasteiger partial charge on any atom is -0.492 e. The van der Waals surface area contributed by atoms with E-state index in [9.17, 15) is 57.7 Å². The highest BCUT2D eigenvalue weighted by atomic mass is 31.2. The second kappa shape index (κ2) is 17.0. The number of carbonyl (C=O) groups excluding carboxylic acids is 3. The molecule has 2 aromatic carbocycles. The number of benzene rings is 2. The van der Waals surface area contributed by atoms with Crippen LogP contribution in [-0.2, 0) is 36.5 Å². The van der Waals surface area contributed by atoms with Crippen LogP contribution in [0.15, 0.2) is 61.2 Å². The van der Waals surface area contributed by atoms with Crippen molar-refractivity contribution in [1.29, 1.82) is 0 Å². The summed E-state index contributed by atoms with van der Waals surface area (Å²) in [6.07, 6.45) is 2.48. The number of ketones is 1. The number of aliphatic hydroxyl groups excluding tert-OH is 1. The van der Waals surface area contributed by atoms with Gasteiger partial charge in [-0.15, -0.1) is 0 Å². The molecule has 8 N–H and O–H groups in total. The van der Waals surface area contributed by atoms with E-state index >= 15 is 0 Å². The Hall–Kier alpha value is -4.03. The third-order valence-electron chi connectivity index (χ3n) is 7.66. The second-order valence-corrected chi connectivity index (χ2v) is 15.5. The molecule has 21 heteroatoms. The number of nitrogens with zero attached hydrogens (tertiary/aromatic N) is 2. The molecule has 51 heavy (non-hydrogen) atoms. The number of halogens is 1. The Bertz CT molecular complexity index is 1770. The van der Waals surface area contributed by atoms with Crippen LogP contribution in [0.5, 0.6) is 11.5 Å². The summed E-state index contributed by atoms with van der Waals surface area (Å²) < 4.78 is 55.2. The smallest absolute Gasteiger partial charge is 0.373 e. The van der Waals surface area contributed by atoms with Gasteiger partial charge in [0.1, 0.15) is 55.5 Å². The molecule has 4 rings (SSSR count). The zero-order valence-electron chi connectivity index (χ0n) is 26.9. The Labute approximate surface area is 290 Å². The van der Waals surface area contributed by atoms with E-state index in [-0.39, 0.29) is 58.3 Å². The lowest BCUT2D eigenvalue weighted by Gasteiger charge is -2.27. The van der Waals surface area contributed by atoms with E-state index in [0.717, 1.165) is 10.9 Å². The van der Waals surface area contributed by atoms with E-state index in [2.05, 4.69) is 10.6 Å². The molecule has 2 amide bonds. The van der Waals surface area contributed by atoms with Crippen molar-refractivity contribution in [3.8, 4) is 11.5 Å². The molecule has 0 saturated carbocycles. The van der Waals surface area contributed by atoms with Gasteiger partial charge in [-0.2, -0.15) is 0 Å². The Kier molecular flexibility index (Phi) is 13.2. The summed E-state index contributed by atoms with van der Waals surface area (Å²) in [6, 6.07) is 10.3. The number of hydrogen-bond acceptors (Lipinski definition) is 10. The van der Waals surface area contributed by atoms with Gasteiger partial charge in [0.2, 0.25) is 12.2 Å². The summed E-state index contributed by atoms with van der Waals surface area (Å²) >= 11 is 0. The molecule has 0 fully saturated rings. The number of fused-ring (bicyclic) bond motifs is 1. The van der Waals surface area contributed by atoms with Crippen LogP contribution in [0.25, 0.3) is 0 Å². The first-order chi connectivity index (χ1) is 24.0. The molecular formula is C30H38FN4O14P2+. The topological polar surface area (TPSA) is 267 Å². The molecule has 2 unspecified atom stereocenters. The molecule has 3 aromatic rings. The fraction of sp³-hybridized carbons (Fsp3) is 0.400. The van der Waals surface area contributed by atoms with Crippen LogP contribution in [0.4, 0.5) is 4.39 Å². The molecule has 1 aliphatic heterocycles. The van der Waals surface area contributed by atoms with Crippen LogP contribution in [0.3, 0.4) is 0 Å². The van der Waals surface area contributed by atoms with Gasteiger partial charge in [-0.25, -0.2) is 13.5 Å². The minimum absolute atomic E-state index is 0.0177. The van der Waals surface area contributed by atoms with Gasteiger partial charge < -0.3 is 54.6 Å². The average Bonchev–Trinajstić information content (AvgIpc) is 3.50. The maximum Gasteiger partial charge on any atom is 0.373 e. The van der Waals surface area contributed by atoms with Crippen LogP contribution in [0, 0.1) is 5.82 Å². The number of Topliss-reactive ketones (excluding diaryl/α,β-unsaturated/α-hetero) is 1. The minimum atomic E-state index is -5.65. The van der Waals surface area contributed by atoms with Gasteiger partial charge in [-0.05, 0) is 29.8 Å². The molecular weight excluding hydrogens is 721 g/mol. The number of aliphatic hydroxyl groups is 2. The van der Waals surface area contributed by atoms with Crippen molar-refractivity contribution in [2.75, 3.05) is 39.5 Å². The van der Waals surface area contributed by atoms with Gasteiger partial charge >= 0.3 is 20.3 Å². The summed E-state index contributed by atoms with van der Waals surface area (Å²) in [5.41, 5.74) is 0.994. The van der Waals surface area contributed by atoms with Gasteiger partial charge in [0.15, 0.2) is 12.4 Å². The van der Waals surface area contributed by atoms with Crippen LogP contribution < -0.4 is 24.7 Å². The number of nitrogens with one attached hydrogen (secondary N) is 2. The molecule has 0 radical (unpaired) electrons. The van der Waals surface area contributed by atoms with Crippen molar-refractivity contribution in [3.63, 3.8) is 0 Å². The molecule has 0 spiro atoms. The SMILES string of the molecule is O=C(CCOCCNC(=O)COc1ccc2c(c1)OCC(c1ccc(F)cc1)C2=O)NCC(O)C[n+]1ccn(CC(O)(P(=O)(O)O)P(=O)(O)O)c1. The van der Waals surface area contributed by atoms with E-state index in [4.69, 9.17) is 14.2 Å². The van der Waals surface area contributed by atoms with Gasteiger partial charge in [-0.3, -0.25) is 23.5 Å². The lowest BCUT2D eigenvalue weighted by molar-refractivity contribution is -0.702. The summed E-state index contributed by atoms with van der Waals surface area (Å²) in [6.45, 7) is -1.41. The number of aromatic nitrogens is 2. The van der Waals surface area contributed by atoms with Crippen molar-refractivity contribution in [2.24, 2.45) is 0 Å². The number of carbonyl (C=O) groups is 3. The molecule has 0 aliphatic carbocycles. The molecule has 278 valence electrons. The van der Waals surface area contributed by atoms with Crippen molar-refractivity contribution >= 4 is 32.8 Å². The van der Waals surface area contributed by atoms with Gasteiger partial charge in [0, 0.05) is 25.6 Å². The van der Waals surface area contributed by atoms with Gasteiger partial charge in [0.05, 0.1) is 24.7 Å². The van der Waals surface area contributed by atoms with E-state index in [1.807, 2.05) is 0 Å². The fourth-order valence-corrected chi connectivity index (χ4v) is 6.94. The monoisotopic (exact) mass is 759 g/mol. The first kappa shape index (κ1) is 39.8. The lowest BCUT2D eigenvalue weighted by atomic mass is 9.89. The van der Waals surface area contributed by atoms with E-state index in [1.54, 1.807) is 24.3 Å². The van der Waals surface area contributed by atoms with Gasteiger partial charge in [0.25, 0.3) is 5.91 Å². The molecule has 0 bridgehead atoms. The summed E-state index contributed by atoms with van der Waals surface area (Å²) in [5, 5.41) is 21.7. The maximum absolute atomic E-state index is 13.3. The van der Waals surface area contributed by atoms with E-state index < -0.39 is 56.5 Å². The average molecular weight is 760 g/mol. The molecule has 1 aromatic heterocycles. The Morgan fingerprint density at radius 1 is 1.06 bits per heavy atom.